The minimum absolute atomic E-state index is 0.0674. The van der Waals surface area contributed by atoms with Gasteiger partial charge in [-0.15, -0.1) is 0 Å². The van der Waals surface area contributed by atoms with Gasteiger partial charge in [-0.3, -0.25) is 9.10 Å². The van der Waals surface area contributed by atoms with E-state index in [-0.39, 0.29) is 28.0 Å². The van der Waals surface area contributed by atoms with Crippen LogP contribution in [0.1, 0.15) is 5.69 Å². The van der Waals surface area contributed by atoms with Gasteiger partial charge in [0.2, 0.25) is 21.9 Å². The second kappa shape index (κ2) is 10.8. The van der Waals surface area contributed by atoms with Crippen LogP contribution in [-0.4, -0.2) is 59.7 Å². The monoisotopic (exact) mass is 535 g/mol. The molecule has 0 fully saturated rings. The maximum Gasteiger partial charge on any atom is 0.264 e. The Morgan fingerprint density at radius 2 is 1.69 bits per heavy atom. The molecule has 2 N–H and O–H groups in total. The topological polar surface area (TPSA) is 157 Å². The van der Waals surface area contributed by atoms with E-state index in [9.17, 15) is 21.6 Å². The summed E-state index contributed by atoms with van der Waals surface area (Å²) < 4.78 is 63.6. The molecular formula is C22H25N5O7S2. The number of nitrogens with zero attached hydrogens (tertiary/aromatic N) is 3. The van der Waals surface area contributed by atoms with Crippen molar-refractivity contribution in [2.45, 2.75) is 11.8 Å². The summed E-state index contributed by atoms with van der Waals surface area (Å²) in [5.41, 5.74) is 1.01. The number of sulfonamides is 2. The summed E-state index contributed by atoms with van der Waals surface area (Å²) in [5.74, 6) is -0.0679. The van der Waals surface area contributed by atoms with E-state index in [1.165, 1.54) is 56.8 Å². The van der Waals surface area contributed by atoms with Crippen molar-refractivity contribution in [3.05, 3.63) is 60.4 Å². The van der Waals surface area contributed by atoms with E-state index < -0.39 is 32.5 Å². The zero-order valence-corrected chi connectivity index (χ0v) is 21.6. The average Bonchev–Trinajstić information content (AvgIpc) is 2.81. The number of rotatable bonds is 10. The van der Waals surface area contributed by atoms with Crippen LogP contribution >= 0.6 is 0 Å². The molecule has 1 aromatic heterocycles. The number of carbonyl (C=O) groups is 1. The first kappa shape index (κ1) is 26.7. The van der Waals surface area contributed by atoms with Gasteiger partial charge in [-0.1, -0.05) is 0 Å². The largest absolute Gasteiger partial charge is 0.497 e. The van der Waals surface area contributed by atoms with Gasteiger partial charge in [0.15, 0.2) is 0 Å². The van der Waals surface area contributed by atoms with Crippen molar-refractivity contribution in [2.24, 2.45) is 0 Å². The summed E-state index contributed by atoms with van der Waals surface area (Å²) in [6, 6.07) is 11.5. The normalized spacial score (nSPS) is 11.4. The molecule has 0 unspecified atom stereocenters. The molecule has 0 aliphatic carbocycles. The highest BCUT2D eigenvalue weighted by molar-refractivity contribution is 7.92. The molecule has 0 aliphatic rings. The van der Waals surface area contributed by atoms with Crippen LogP contribution in [0.2, 0.25) is 0 Å². The third-order valence-corrected chi connectivity index (χ3v) is 7.28. The van der Waals surface area contributed by atoms with Gasteiger partial charge in [0, 0.05) is 23.6 Å². The number of carbonyl (C=O) groups excluding carboxylic acids is 1. The van der Waals surface area contributed by atoms with Crippen molar-refractivity contribution in [2.75, 3.05) is 41.4 Å². The highest BCUT2D eigenvalue weighted by Gasteiger charge is 2.25. The van der Waals surface area contributed by atoms with E-state index in [1.54, 1.807) is 19.1 Å². The van der Waals surface area contributed by atoms with Crippen LogP contribution in [0.25, 0.3) is 0 Å². The van der Waals surface area contributed by atoms with Crippen molar-refractivity contribution >= 4 is 43.3 Å². The molecule has 2 aromatic carbocycles. The van der Waals surface area contributed by atoms with Gasteiger partial charge in [0.1, 0.15) is 18.0 Å². The first-order valence-corrected chi connectivity index (χ1v) is 13.7. The average molecular weight is 536 g/mol. The van der Waals surface area contributed by atoms with E-state index in [1.807, 2.05) is 0 Å². The lowest BCUT2D eigenvalue weighted by molar-refractivity contribution is -0.114. The summed E-state index contributed by atoms with van der Waals surface area (Å²) in [6.07, 6.45) is 2.40. The number of hydrogen-bond acceptors (Lipinski definition) is 9. The van der Waals surface area contributed by atoms with Gasteiger partial charge < -0.3 is 14.8 Å². The van der Waals surface area contributed by atoms with E-state index in [2.05, 4.69) is 20.0 Å². The Bertz CT molecular complexity index is 1460. The fraction of sp³-hybridized carbons (Fsp3) is 0.227. The minimum Gasteiger partial charge on any atom is -0.497 e. The molecule has 0 atom stereocenters. The molecule has 192 valence electrons. The molecule has 0 saturated heterocycles. The van der Waals surface area contributed by atoms with E-state index >= 15 is 0 Å². The van der Waals surface area contributed by atoms with Crippen LogP contribution in [0.15, 0.2) is 59.6 Å². The molecule has 14 heteroatoms. The number of hydrogen-bond donors (Lipinski definition) is 2. The summed E-state index contributed by atoms with van der Waals surface area (Å²) >= 11 is 0. The highest BCUT2D eigenvalue weighted by Crippen LogP contribution is 2.33. The third-order valence-electron chi connectivity index (χ3n) is 4.81. The number of methoxy groups -OCH3 is 2. The second-order valence-electron chi connectivity index (χ2n) is 7.51. The molecule has 12 nitrogen and oxygen atoms in total. The standard InChI is InChI=1S/C22H25N5O7S2/c1-15-11-12-23-22(24-15)26-36(31,32)18-8-5-16(6-9-18)25-21(28)14-27(35(4,29)30)19-10-7-17(33-2)13-20(19)34-3/h5-13H,14H2,1-4H3,(H,25,28)(H,23,24,26). The van der Waals surface area contributed by atoms with Crippen LogP contribution in [0.3, 0.4) is 0 Å². The molecule has 0 saturated carbocycles. The summed E-state index contributed by atoms with van der Waals surface area (Å²) in [6.45, 7) is 1.15. The molecule has 0 radical (unpaired) electrons. The summed E-state index contributed by atoms with van der Waals surface area (Å²) in [7, 11) is -5.00. The molecule has 3 aromatic rings. The Morgan fingerprint density at radius 1 is 1.00 bits per heavy atom. The van der Waals surface area contributed by atoms with E-state index in [4.69, 9.17) is 9.47 Å². The molecule has 0 bridgehead atoms. The number of amides is 1. The molecule has 1 heterocycles. The lowest BCUT2D eigenvalue weighted by Gasteiger charge is -2.24. The van der Waals surface area contributed by atoms with Crippen molar-refractivity contribution in [3.8, 4) is 11.5 Å². The quantitative estimate of drug-likeness (QED) is 0.396. The van der Waals surface area contributed by atoms with Crippen LogP contribution in [0.5, 0.6) is 11.5 Å². The lowest BCUT2D eigenvalue weighted by atomic mass is 10.2. The van der Waals surface area contributed by atoms with Gasteiger partial charge in [0.25, 0.3) is 10.0 Å². The first-order valence-electron chi connectivity index (χ1n) is 10.3. The SMILES string of the molecule is COc1ccc(N(CC(=O)Nc2ccc(S(=O)(=O)Nc3nccc(C)n3)cc2)S(C)(=O)=O)c(OC)c1. The van der Waals surface area contributed by atoms with Gasteiger partial charge in [-0.25, -0.2) is 31.5 Å². The van der Waals surface area contributed by atoms with E-state index in [0.717, 1.165) is 10.6 Å². The van der Waals surface area contributed by atoms with Gasteiger partial charge in [-0.05, 0) is 49.4 Å². The summed E-state index contributed by atoms with van der Waals surface area (Å²) in [4.78, 5) is 20.5. The summed E-state index contributed by atoms with van der Waals surface area (Å²) in [5, 5.41) is 2.56. The Balaban J connectivity index is 1.75. The predicted octanol–water partition coefficient (Wildman–Crippen LogP) is 2.01. The van der Waals surface area contributed by atoms with Gasteiger partial charge in [-0.2, -0.15) is 0 Å². The van der Waals surface area contributed by atoms with E-state index in [0.29, 0.717) is 11.4 Å². The molecular weight excluding hydrogens is 510 g/mol. The number of aromatic nitrogens is 2. The van der Waals surface area contributed by atoms with Crippen LogP contribution in [-0.2, 0) is 24.8 Å². The zero-order valence-electron chi connectivity index (χ0n) is 19.9. The van der Waals surface area contributed by atoms with Crippen LogP contribution in [0.4, 0.5) is 17.3 Å². The van der Waals surface area contributed by atoms with Gasteiger partial charge in [0.05, 0.1) is 31.1 Å². The Hall–Kier alpha value is -3.91. The predicted molar refractivity (Wildman–Crippen MR) is 134 cm³/mol. The second-order valence-corrected chi connectivity index (χ2v) is 11.1. The van der Waals surface area contributed by atoms with Crippen molar-refractivity contribution in [3.63, 3.8) is 0 Å². The third kappa shape index (κ3) is 6.60. The lowest BCUT2D eigenvalue weighted by Crippen LogP contribution is -2.37. The molecule has 0 spiro atoms. The maximum absolute atomic E-state index is 12.7. The number of ether oxygens (including phenoxy) is 2. The Labute approximate surface area is 209 Å². The smallest absolute Gasteiger partial charge is 0.264 e. The van der Waals surface area contributed by atoms with Crippen molar-refractivity contribution in [1.82, 2.24) is 9.97 Å². The maximum atomic E-state index is 12.7. The fourth-order valence-electron chi connectivity index (χ4n) is 3.10. The van der Waals surface area contributed by atoms with Crippen LogP contribution < -0.4 is 23.8 Å². The fourth-order valence-corrected chi connectivity index (χ4v) is 4.91. The van der Waals surface area contributed by atoms with Gasteiger partial charge >= 0.3 is 0 Å². The van der Waals surface area contributed by atoms with Crippen molar-refractivity contribution < 1.29 is 31.1 Å². The molecule has 3 rings (SSSR count). The number of anilines is 3. The molecule has 36 heavy (non-hydrogen) atoms. The first-order chi connectivity index (χ1) is 16.9. The number of benzene rings is 2. The Morgan fingerprint density at radius 3 is 2.28 bits per heavy atom. The molecule has 1 amide bonds. The zero-order chi connectivity index (χ0) is 26.5. The molecule has 0 aliphatic heterocycles. The van der Waals surface area contributed by atoms with Crippen LogP contribution in [0, 0.1) is 6.92 Å². The highest BCUT2D eigenvalue weighted by atomic mass is 32.2. The minimum atomic E-state index is -3.96. The number of nitrogens with one attached hydrogen (secondary N) is 2. The van der Waals surface area contributed by atoms with Crippen molar-refractivity contribution in [1.29, 1.82) is 0 Å². The Kier molecular flexibility index (Phi) is 8.00. The number of aryl methyl sites for hydroxylation is 1.